The van der Waals surface area contributed by atoms with Crippen molar-refractivity contribution in [3.63, 3.8) is 0 Å². The lowest BCUT2D eigenvalue weighted by Gasteiger charge is -2.14. The molecule has 0 radical (unpaired) electrons. The molecule has 4 heteroatoms. The molecule has 1 N–H and O–H groups in total. The fourth-order valence-electron chi connectivity index (χ4n) is 1.23. The number of fused-ring (bicyclic) bond motifs is 1. The fourth-order valence-corrected chi connectivity index (χ4v) is 1.61. The zero-order chi connectivity index (χ0) is 10.6. The first-order valence-electron chi connectivity index (χ1n) is 4.70. The molecule has 2 rings (SSSR count). The summed E-state index contributed by atoms with van der Waals surface area (Å²) in [5.41, 5.74) is 1.10. The van der Waals surface area contributed by atoms with Crippen molar-refractivity contribution in [1.29, 1.82) is 0 Å². The Hall–Kier alpha value is -0.900. The average Bonchev–Trinajstić information content (AvgIpc) is 2.21. The third kappa shape index (κ3) is 2.54. The quantitative estimate of drug-likeness (QED) is 0.776. The maximum absolute atomic E-state index is 10.9. The summed E-state index contributed by atoms with van der Waals surface area (Å²) < 4.78 is 0.956. The minimum Gasteiger partial charge on any atom is -0.310 e. The van der Waals surface area contributed by atoms with Crippen LogP contribution >= 0.6 is 15.9 Å². The first-order chi connectivity index (χ1) is 6.75. The Kier molecular flexibility index (Phi) is 4.07. The molecule has 0 fully saturated rings. The highest BCUT2D eigenvalue weighted by molar-refractivity contribution is 9.10. The molecule has 76 valence electrons. The second-order valence-electron chi connectivity index (χ2n) is 2.71. The highest BCUT2D eigenvalue weighted by Crippen LogP contribution is 2.22. The van der Waals surface area contributed by atoms with Crippen LogP contribution in [0.3, 0.4) is 0 Å². The maximum atomic E-state index is 10.9. The van der Waals surface area contributed by atoms with Gasteiger partial charge in [0.25, 0.3) is 0 Å². The van der Waals surface area contributed by atoms with E-state index in [9.17, 15) is 4.79 Å². The maximum Gasteiger partial charge on any atom is 0.225 e. The van der Waals surface area contributed by atoms with Gasteiger partial charge in [0.15, 0.2) is 0 Å². The first-order valence-corrected chi connectivity index (χ1v) is 5.49. The van der Waals surface area contributed by atoms with Crippen molar-refractivity contribution in [2.24, 2.45) is 0 Å². The lowest BCUT2D eigenvalue weighted by Crippen LogP contribution is -2.19. The van der Waals surface area contributed by atoms with E-state index in [0.29, 0.717) is 12.2 Å². The molecule has 1 aromatic rings. The minimum atomic E-state index is 0.0531. The van der Waals surface area contributed by atoms with E-state index in [4.69, 9.17) is 0 Å². The summed E-state index contributed by atoms with van der Waals surface area (Å²) in [5, 5.41) is 2.72. The number of amides is 1. The molecule has 1 amide bonds. The smallest absolute Gasteiger partial charge is 0.225 e. The van der Waals surface area contributed by atoms with Gasteiger partial charge in [-0.3, -0.25) is 4.79 Å². The molecule has 1 aliphatic rings. The van der Waals surface area contributed by atoms with Gasteiger partial charge >= 0.3 is 0 Å². The van der Waals surface area contributed by atoms with Crippen LogP contribution in [0.1, 0.15) is 25.8 Å². The SMILES string of the molecule is CC.O=C1CCc2cc(Br)cnc2N1. The predicted molar refractivity (Wildman–Crippen MR) is 60.2 cm³/mol. The Morgan fingerprint density at radius 1 is 1.43 bits per heavy atom. The summed E-state index contributed by atoms with van der Waals surface area (Å²) in [4.78, 5) is 15.0. The Labute approximate surface area is 92.1 Å². The monoisotopic (exact) mass is 256 g/mol. The van der Waals surface area contributed by atoms with Gasteiger partial charge in [-0.05, 0) is 34.0 Å². The van der Waals surface area contributed by atoms with Crippen LogP contribution in [-0.4, -0.2) is 10.9 Å². The summed E-state index contributed by atoms with van der Waals surface area (Å²) in [5.74, 6) is 0.756. The second kappa shape index (κ2) is 5.10. The van der Waals surface area contributed by atoms with E-state index in [1.54, 1.807) is 6.20 Å². The molecular formula is C10H13BrN2O. The summed E-state index contributed by atoms with van der Waals surface area (Å²) in [6.45, 7) is 4.00. The number of rotatable bonds is 0. The molecule has 14 heavy (non-hydrogen) atoms. The molecule has 0 aromatic carbocycles. The van der Waals surface area contributed by atoms with E-state index in [1.807, 2.05) is 19.9 Å². The molecular weight excluding hydrogens is 244 g/mol. The summed E-state index contributed by atoms with van der Waals surface area (Å²) in [6, 6.07) is 1.99. The molecule has 0 atom stereocenters. The number of hydrogen-bond acceptors (Lipinski definition) is 2. The minimum absolute atomic E-state index is 0.0531. The van der Waals surface area contributed by atoms with E-state index in [0.717, 1.165) is 16.5 Å². The number of aromatic nitrogens is 1. The highest BCUT2D eigenvalue weighted by Gasteiger charge is 2.15. The number of halogens is 1. The fraction of sp³-hybridized carbons (Fsp3) is 0.400. The Morgan fingerprint density at radius 2 is 2.14 bits per heavy atom. The molecule has 0 spiro atoms. The van der Waals surface area contributed by atoms with Crippen molar-refractivity contribution in [2.45, 2.75) is 26.7 Å². The molecule has 1 aromatic heterocycles. The number of nitrogens with zero attached hydrogens (tertiary/aromatic N) is 1. The number of pyridine rings is 1. The van der Waals surface area contributed by atoms with Crippen molar-refractivity contribution in [1.82, 2.24) is 4.98 Å². The summed E-state index contributed by atoms with van der Waals surface area (Å²) in [7, 11) is 0. The third-order valence-corrected chi connectivity index (χ3v) is 2.25. The van der Waals surface area contributed by atoms with Gasteiger partial charge in [-0.1, -0.05) is 13.8 Å². The Balaban J connectivity index is 0.000000461. The Bertz CT molecular complexity index is 339. The van der Waals surface area contributed by atoms with E-state index in [1.165, 1.54) is 0 Å². The van der Waals surface area contributed by atoms with E-state index >= 15 is 0 Å². The Morgan fingerprint density at radius 3 is 2.86 bits per heavy atom. The van der Waals surface area contributed by atoms with Gasteiger partial charge in [0, 0.05) is 17.1 Å². The third-order valence-electron chi connectivity index (χ3n) is 1.81. The normalized spacial score (nSPS) is 13.5. The molecule has 0 unspecified atom stereocenters. The molecule has 0 aliphatic carbocycles. The summed E-state index contributed by atoms with van der Waals surface area (Å²) >= 11 is 3.33. The van der Waals surface area contributed by atoms with Gasteiger partial charge in [-0.15, -0.1) is 0 Å². The van der Waals surface area contributed by atoms with Crippen LogP contribution in [0.5, 0.6) is 0 Å². The van der Waals surface area contributed by atoms with Crippen LogP contribution < -0.4 is 5.32 Å². The highest BCUT2D eigenvalue weighted by atomic mass is 79.9. The van der Waals surface area contributed by atoms with E-state index < -0.39 is 0 Å². The van der Waals surface area contributed by atoms with Crippen molar-refractivity contribution in [2.75, 3.05) is 5.32 Å². The lowest BCUT2D eigenvalue weighted by atomic mass is 10.1. The molecule has 1 aliphatic heterocycles. The van der Waals surface area contributed by atoms with Crippen molar-refractivity contribution >= 4 is 27.7 Å². The van der Waals surface area contributed by atoms with Gasteiger partial charge in [-0.25, -0.2) is 4.98 Å². The van der Waals surface area contributed by atoms with Crippen LogP contribution in [0.2, 0.25) is 0 Å². The molecule has 3 nitrogen and oxygen atoms in total. The standard InChI is InChI=1S/C8H7BrN2O.C2H6/c9-6-3-5-1-2-7(12)11-8(5)10-4-6;1-2/h3-4H,1-2H2,(H,10,11,12);1-2H3. The predicted octanol–water partition coefficient (Wildman–Crippen LogP) is 2.76. The van der Waals surface area contributed by atoms with Crippen LogP contribution in [-0.2, 0) is 11.2 Å². The van der Waals surface area contributed by atoms with Crippen LogP contribution in [0.4, 0.5) is 5.82 Å². The van der Waals surface area contributed by atoms with E-state index in [-0.39, 0.29) is 5.91 Å². The molecule has 2 heterocycles. The first kappa shape index (κ1) is 11.2. The topological polar surface area (TPSA) is 42.0 Å². The molecule has 0 saturated carbocycles. The largest absolute Gasteiger partial charge is 0.310 e. The van der Waals surface area contributed by atoms with Crippen LogP contribution in [0.15, 0.2) is 16.7 Å². The van der Waals surface area contributed by atoms with Crippen LogP contribution in [0, 0.1) is 0 Å². The second-order valence-corrected chi connectivity index (χ2v) is 3.63. The van der Waals surface area contributed by atoms with Crippen molar-refractivity contribution < 1.29 is 4.79 Å². The number of hydrogen-bond donors (Lipinski definition) is 1. The number of anilines is 1. The molecule has 0 bridgehead atoms. The van der Waals surface area contributed by atoms with Gasteiger partial charge in [-0.2, -0.15) is 0 Å². The van der Waals surface area contributed by atoms with Crippen LogP contribution in [0.25, 0.3) is 0 Å². The van der Waals surface area contributed by atoms with Gasteiger partial charge < -0.3 is 5.32 Å². The number of carbonyl (C=O) groups excluding carboxylic acids is 1. The van der Waals surface area contributed by atoms with E-state index in [2.05, 4.69) is 26.2 Å². The average molecular weight is 257 g/mol. The van der Waals surface area contributed by atoms with Gasteiger partial charge in [0.05, 0.1) is 0 Å². The molecule has 0 saturated heterocycles. The van der Waals surface area contributed by atoms with Crippen molar-refractivity contribution in [3.05, 3.63) is 22.3 Å². The zero-order valence-corrected chi connectivity index (χ0v) is 9.89. The summed E-state index contributed by atoms with van der Waals surface area (Å²) in [6.07, 6.45) is 3.03. The number of carbonyl (C=O) groups is 1. The lowest BCUT2D eigenvalue weighted by molar-refractivity contribution is -0.116. The van der Waals surface area contributed by atoms with Gasteiger partial charge in [0.1, 0.15) is 5.82 Å². The number of nitrogens with one attached hydrogen (secondary N) is 1. The van der Waals surface area contributed by atoms with Gasteiger partial charge in [0.2, 0.25) is 5.91 Å². The number of aryl methyl sites for hydroxylation is 1. The zero-order valence-electron chi connectivity index (χ0n) is 8.30. The van der Waals surface area contributed by atoms with Crippen molar-refractivity contribution in [3.8, 4) is 0 Å².